The lowest BCUT2D eigenvalue weighted by molar-refractivity contribution is 0.199. The molecule has 0 heterocycles. The van der Waals surface area contributed by atoms with Gasteiger partial charge in [0, 0.05) is 30.0 Å². The van der Waals surface area contributed by atoms with Gasteiger partial charge in [-0.2, -0.15) is 0 Å². The van der Waals surface area contributed by atoms with Crippen LogP contribution in [0.2, 0.25) is 5.02 Å². The summed E-state index contributed by atoms with van der Waals surface area (Å²) in [5.41, 5.74) is 2.55. The Balaban J connectivity index is 2.01. The van der Waals surface area contributed by atoms with E-state index in [0.717, 1.165) is 29.6 Å². The molecule has 112 valence electrons. The number of rotatable bonds is 7. The predicted molar refractivity (Wildman–Crippen MR) is 90.3 cm³/mol. The van der Waals surface area contributed by atoms with Gasteiger partial charge in [0.05, 0.1) is 11.6 Å². The van der Waals surface area contributed by atoms with Crippen molar-refractivity contribution >= 4 is 23.4 Å². The third-order valence-corrected chi connectivity index (χ3v) is 4.80. The van der Waals surface area contributed by atoms with Crippen LogP contribution < -0.4 is 5.32 Å². The van der Waals surface area contributed by atoms with Crippen molar-refractivity contribution in [1.82, 2.24) is 5.32 Å². The van der Waals surface area contributed by atoms with Gasteiger partial charge in [0.15, 0.2) is 0 Å². The Bertz CT molecular complexity index is 589. The molecule has 0 saturated heterocycles. The van der Waals surface area contributed by atoms with Gasteiger partial charge in [-0.15, -0.1) is 0 Å². The molecule has 0 unspecified atom stereocenters. The first-order chi connectivity index (χ1) is 10.2. The second kappa shape index (κ2) is 8.44. The number of hydrogen-bond acceptors (Lipinski definition) is 3. The molecule has 0 aliphatic heterocycles. The summed E-state index contributed by atoms with van der Waals surface area (Å²) in [4.78, 5) is 2.33. The average molecular weight is 322 g/mol. The van der Waals surface area contributed by atoms with Crippen molar-refractivity contribution in [1.29, 1.82) is 0 Å². The molecule has 2 rings (SSSR count). The van der Waals surface area contributed by atoms with Gasteiger partial charge < -0.3 is 10.1 Å². The highest BCUT2D eigenvalue weighted by molar-refractivity contribution is 7.99. The highest BCUT2D eigenvalue weighted by Crippen LogP contribution is 2.34. The Morgan fingerprint density at radius 3 is 2.67 bits per heavy atom. The van der Waals surface area contributed by atoms with Gasteiger partial charge in [-0.05, 0) is 36.2 Å². The van der Waals surface area contributed by atoms with Crippen LogP contribution in [0.5, 0.6) is 0 Å². The van der Waals surface area contributed by atoms with E-state index in [2.05, 4.69) is 30.4 Å². The fraction of sp³-hybridized carbons (Fsp3) is 0.294. The first-order valence-electron chi connectivity index (χ1n) is 6.92. The van der Waals surface area contributed by atoms with Gasteiger partial charge in [-0.3, -0.25) is 0 Å². The summed E-state index contributed by atoms with van der Waals surface area (Å²) < 4.78 is 5.02. The third kappa shape index (κ3) is 5.04. The van der Waals surface area contributed by atoms with Gasteiger partial charge in [-0.1, -0.05) is 47.6 Å². The molecule has 0 saturated carbocycles. The molecule has 2 nitrogen and oxygen atoms in total. The van der Waals surface area contributed by atoms with E-state index in [1.807, 2.05) is 24.3 Å². The molecule has 0 bridgehead atoms. The summed E-state index contributed by atoms with van der Waals surface area (Å²) in [6.45, 7) is 4.60. The van der Waals surface area contributed by atoms with Crippen LogP contribution in [-0.4, -0.2) is 20.3 Å². The van der Waals surface area contributed by atoms with E-state index >= 15 is 0 Å². The molecule has 1 N–H and O–H groups in total. The van der Waals surface area contributed by atoms with Crippen LogP contribution in [0.1, 0.15) is 11.1 Å². The Hall–Kier alpha value is -1.00. The van der Waals surface area contributed by atoms with Crippen LogP contribution in [-0.2, 0) is 11.3 Å². The fourth-order valence-electron chi connectivity index (χ4n) is 1.99. The first kappa shape index (κ1) is 16.4. The van der Waals surface area contributed by atoms with Crippen LogP contribution in [0.25, 0.3) is 0 Å². The van der Waals surface area contributed by atoms with Crippen molar-refractivity contribution in [2.75, 3.05) is 20.3 Å². The minimum absolute atomic E-state index is 0.736. The molecule has 0 atom stereocenters. The molecule has 0 aromatic heterocycles. The monoisotopic (exact) mass is 321 g/mol. The molecular formula is C17H20ClNOS. The lowest BCUT2D eigenvalue weighted by Gasteiger charge is -2.10. The number of hydrogen-bond donors (Lipinski definition) is 1. The van der Waals surface area contributed by atoms with E-state index in [0.29, 0.717) is 0 Å². The second-order valence-electron chi connectivity index (χ2n) is 4.80. The number of ether oxygens (including phenoxy) is 1. The van der Waals surface area contributed by atoms with E-state index in [1.165, 1.54) is 16.0 Å². The zero-order valence-electron chi connectivity index (χ0n) is 12.4. The summed E-state index contributed by atoms with van der Waals surface area (Å²) in [6, 6.07) is 14.5. The van der Waals surface area contributed by atoms with Crippen LogP contribution in [0, 0.1) is 6.92 Å². The maximum Gasteiger partial charge on any atom is 0.0587 e. The number of nitrogens with one attached hydrogen (secondary N) is 1. The smallest absolute Gasteiger partial charge is 0.0587 e. The third-order valence-electron chi connectivity index (χ3n) is 3.11. The lowest BCUT2D eigenvalue weighted by Crippen LogP contribution is -2.18. The number of aryl methyl sites for hydroxylation is 1. The average Bonchev–Trinajstić information content (AvgIpc) is 2.48. The van der Waals surface area contributed by atoms with Crippen molar-refractivity contribution in [3.8, 4) is 0 Å². The number of halogens is 1. The second-order valence-corrected chi connectivity index (χ2v) is 6.29. The van der Waals surface area contributed by atoms with Crippen molar-refractivity contribution in [2.45, 2.75) is 23.3 Å². The van der Waals surface area contributed by atoms with Crippen molar-refractivity contribution in [2.24, 2.45) is 0 Å². The minimum atomic E-state index is 0.736. The van der Waals surface area contributed by atoms with Crippen LogP contribution >= 0.6 is 23.4 Å². The van der Waals surface area contributed by atoms with E-state index < -0.39 is 0 Å². The van der Waals surface area contributed by atoms with Gasteiger partial charge >= 0.3 is 0 Å². The van der Waals surface area contributed by atoms with Gasteiger partial charge in [0.25, 0.3) is 0 Å². The SMILES string of the molecule is COCCNCc1ccc(Sc2ccccc2Cl)c(C)c1. The summed E-state index contributed by atoms with van der Waals surface area (Å²) in [6.07, 6.45) is 0. The maximum absolute atomic E-state index is 6.21. The largest absolute Gasteiger partial charge is 0.383 e. The van der Waals surface area contributed by atoms with E-state index in [4.69, 9.17) is 16.3 Å². The maximum atomic E-state index is 6.21. The molecule has 21 heavy (non-hydrogen) atoms. The molecule has 0 aliphatic carbocycles. The molecule has 2 aromatic rings. The summed E-state index contributed by atoms with van der Waals surface area (Å²) in [7, 11) is 1.71. The van der Waals surface area contributed by atoms with Gasteiger partial charge in [-0.25, -0.2) is 0 Å². The molecule has 2 aromatic carbocycles. The van der Waals surface area contributed by atoms with Crippen molar-refractivity contribution in [3.63, 3.8) is 0 Å². The highest BCUT2D eigenvalue weighted by Gasteiger charge is 2.05. The highest BCUT2D eigenvalue weighted by atomic mass is 35.5. The quantitative estimate of drug-likeness (QED) is 0.757. The summed E-state index contributed by atoms with van der Waals surface area (Å²) >= 11 is 7.92. The van der Waals surface area contributed by atoms with E-state index in [9.17, 15) is 0 Å². The molecule has 0 aliphatic rings. The number of methoxy groups -OCH3 is 1. The van der Waals surface area contributed by atoms with Gasteiger partial charge in [0.1, 0.15) is 0 Å². The van der Waals surface area contributed by atoms with Crippen LogP contribution in [0.15, 0.2) is 52.3 Å². The predicted octanol–water partition coefficient (Wildman–Crippen LogP) is 4.54. The van der Waals surface area contributed by atoms with Crippen molar-refractivity contribution < 1.29 is 4.74 Å². The topological polar surface area (TPSA) is 21.3 Å². The first-order valence-corrected chi connectivity index (χ1v) is 8.11. The number of benzene rings is 2. The Labute approximate surface area is 135 Å². The zero-order valence-corrected chi connectivity index (χ0v) is 13.9. The molecule has 0 spiro atoms. The van der Waals surface area contributed by atoms with Crippen molar-refractivity contribution in [3.05, 3.63) is 58.6 Å². The Kier molecular flexibility index (Phi) is 6.58. The van der Waals surface area contributed by atoms with Gasteiger partial charge in [0.2, 0.25) is 0 Å². The van der Waals surface area contributed by atoms with E-state index in [1.54, 1.807) is 18.9 Å². The lowest BCUT2D eigenvalue weighted by atomic mass is 10.1. The summed E-state index contributed by atoms with van der Waals surface area (Å²) in [5.74, 6) is 0. The normalized spacial score (nSPS) is 10.8. The van der Waals surface area contributed by atoms with Crippen LogP contribution in [0.3, 0.4) is 0 Å². The minimum Gasteiger partial charge on any atom is -0.383 e. The Morgan fingerprint density at radius 1 is 1.14 bits per heavy atom. The summed E-state index contributed by atoms with van der Waals surface area (Å²) in [5, 5.41) is 4.15. The molecule has 0 amide bonds. The molecule has 0 fully saturated rings. The van der Waals surface area contributed by atoms with E-state index in [-0.39, 0.29) is 0 Å². The zero-order chi connectivity index (χ0) is 15.1. The Morgan fingerprint density at radius 2 is 1.95 bits per heavy atom. The molecule has 0 radical (unpaired) electrons. The standard InChI is InChI=1S/C17H20ClNOS/c1-13-11-14(12-19-9-10-20-2)7-8-16(13)21-17-6-4-3-5-15(17)18/h3-8,11,19H,9-10,12H2,1-2H3. The van der Waals surface area contributed by atoms with Crippen LogP contribution in [0.4, 0.5) is 0 Å². The fourth-order valence-corrected chi connectivity index (χ4v) is 3.15. The molecule has 4 heteroatoms. The molecular weight excluding hydrogens is 302 g/mol.